The van der Waals surface area contributed by atoms with Crippen molar-refractivity contribution >= 4 is 38.9 Å². The van der Waals surface area contributed by atoms with E-state index in [2.05, 4.69) is 4.98 Å². The average Bonchev–Trinajstić information content (AvgIpc) is 2.58. The standard InChI is InChI=1S/C10H15NO4S3/c1-3-18(14,15)5-4-16-10-11-7(2)8(17-10)6-9(12)13/h3-6H2,1-2H3,(H,12,13). The molecule has 0 aliphatic rings. The average molecular weight is 309 g/mol. The van der Waals surface area contributed by atoms with Gasteiger partial charge in [0, 0.05) is 16.4 Å². The molecule has 0 fully saturated rings. The number of aryl methyl sites for hydroxylation is 1. The Morgan fingerprint density at radius 3 is 2.72 bits per heavy atom. The highest BCUT2D eigenvalue weighted by molar-refractivity contribution is 8.02. The number of carboxylic acids is 1. The largest absolute Gasteiger partial charge is 0.481 e. The molecule has 1 N–H and O–H groups in total. The van der Waals surface area contributed by atoms with Crippen LogP contribution >= 0.6 is 23.1 Å². The molecule has 0 aliphatic heterocycles. The first kappa shape index (κ1) is 15.5. The van der Waals surface area contributed by atoms with E-state index in [1.165, 1.54) is 23.1 Å². The van der Waals surface area contributed by atoms with Crippen molar-refractivity contribution in [3.8, 4) is 0 Å². The summed E-state index contributed by atoms with van der Waals surface area (Å²) < 4.78 is 23.3. The van der Waals surface area contributed by atoms with Gasteiger partial charge in [0.2, 0.25) is 0 Å². The van der Waals surface area contributed by atoms with Crippen LogP contribution in [0.5, 0.6) is 0 Å². The van der Waals surface area contributed by atoms with Gasteiger partial charge in [-0.15, -0.1) is 11.3 Å². The second-order valence-electron chi connectivity index (χ2n) is 3.64. The van der Waals surface area contributed by atoms with E-state index in [-0.39, 0.29) is 17.9 Å². The number of thiazole rings is 1. The van der Waals surface area contributed by atoms with Gasteiger partial charge in [-0.25, -0.2) is 13.4 Å². The maximum Gasteiger partial charge on any atom is 0.308 e. The molecule has 1 rings (SSSR count). The molecular weight excluding hydrogens is 294 g/mol. The Morgan fingerprint density at radius 2 is 2.17 bits per heavy atom. The molecule has 0 amide bonds. The first-order valence-corrected chi connectivity index (χ1v) is 8.97. The third-order valence-corrected chi connectivity index (χ3v) is 6.51. The number of carbonyl (C=O) groups is 1. The fourth-order valence-electron chi connectivity index (χ4n) is 1.16. The summed E-state index contributed by atoms with van der Waals surface area (Å²) in [7, 11) is -2.95. The Morgan fingerprint density at radius 1 is 1.50 bits per heavy atom. The van der Waals surface area contributed by atoms with Crippen LogP contribution in [0.1, 0.15) is 17.5 Å². The zero-order valence-electron chi connectivity index (χ0n) is 10.2. The summed E-state index contributed by atoms with van der Waals surface area (Å²) in [6, 6.07) is 0. The van der Waals surface area contributed by atoms with Crippen LogP contribution < -0.4 is 0 Å². The van der Waals surface area contributed by atoms with Crippen molar-refractivity contribution in [2.24, 2.45) is 0 Å². The lowest BCUT2D eigenvalue weighted by atomic mass is 10.3. The van der Waals surface area contributed by atoms with Gasteiger partial charge >= 0.3 is 5.97 Å². The summed E-state index contributed by atoms with van der Waals surface area (Å²) in [5.74, 6) is -0.155. The number of nitrogens with zero attached hydrogens (tertiary/aromatic N) is 1. The zero-order valence-corrected chi connectivity index (χ0v) is 12.6. The summed E-state index contributed by atoms with van der Waals surface area (Å²) in [5.41, 5.74) is 0.711. The highest BCUT2D eigenvalue weighted by atomic mass is 32.2. The van der Waals surface area contributed by atoms with Crippen molar-refractivity contribution in [2.45, 2.75) is 24.6 Å². The molecule has 5 nitrogen and oxygen atoms in total. The number of sulfone groups is 1. The molecule has 8 heteroatoms. The van der Waals surface area contributed by atoms with E-state index < -0.39 is 15.8 Å². The third kappa shape index (κ3) is 4.95. The monoisotopic (exact) mass is 309 g/mol. The van der Waals surface area contributed by atoms with Crippen LogP contribution in [0.15, 0.2) is 4.34 Å². The Bertz CT molecular complexity index is 521. The summed E-state index contributed by atoms with van der Waals surface area (Å²) in [5, 5.41) is 8.71. The highest BCUT2D eigenvalue weighted by Crippen LogP contribution is 2.27. The maximum atomic E-state index is 11.3. The number of carboxylic acid groups (broad SMARTS) is 1. The minimum Gasteiger partial charge on any atom is -0.481 e. The van der Waals surface area contributed by atoms with Gasteiger partial charge in [-0.3, -0.25) is 4.79 Å². The van der Waals surface area contributed by atoms with E-state index in [1.54, 1.807) is 13.8 Å². The molecular formula is C10H15NO4S3. The van der Waals surface area contributed by atoms with E-state index in [0.29, 0.717) is 11.4 Å². The van der Waals surface area contributed by atoms with Gasteiger partial charge < -0.3 is 5.11 Å². The number of thioether (sulfide) groups is 1. The molecule has 0 atom stereocenters. The SMILES string of the molecule is CCS(=O)(=O)CCSc1nc(C)c(CC(=O)O)s1. The van der Waals surface area contributed by atoms with E-state index in [1.807, 2.05) is 0 Å². The van der Waals surface area contributed by atoms with Gasteiger partial charge in [0.15, 0.2) is 9.84 Å². The minimum absolute atomic E-state index is 0.0304. The third-order valence-electron chi connectivity index (χ3n) is 2.24. The lowest BCUT2D eigenvalue weighted by molar-refractivity contribution is -0.136. The van der Waals surface area contributed by atoms with E-state index >= 15 is 0 Å². The molecule has 0 radical (unpaired) electrons. The Balaban J connectivity index is 2.56. The number of rotatable bonds is 7. The summed E-state index contributed by atoms with van der Waals surface area (Å²) in [6.45, 7) is 3.39. The van der Waals surface area contributed by atoms with Crippen molar-refractivity contribution in [1.29, 1.82) is 0 Å². The maximum absolute atomic E-state index is 11.3. The van der Waals surface area contributed by atoms with Crippen LogP contribution in [0.25, 0.3) is 0 Å². The van der Waals surface area contributed by atoms with Gasteiger partial charge in [-0.1, -0.05) is 18.7 Å². The van der Waals surface area contributed by atoms with Gasteiger partial charge in [-0.05, 0) is 6.92 Å². The van der Waals surface area contributed by atoms with Crippen LogP contribution in [0, 0.1) is 6.92 Å². The van der Waals surface area contributed by atoms with Crippen LogP contribution in [0.2, 0.25) is 0 Å². The zero-order chi connectivity index (χ0) is 13.8. The van der Waals surface area contributed by atoms with Crippen molar-refractivity contribution in [2.75, 3.05) is 17.3 Å². The number of aromatic nitrogens is 1. The lowest BCUT2D eigenvalue weighted by Gasteiger charge is -1.98. The van der Waals surface area contributed by atoms with Gasteiger partial charge in [-0.2, -0.15) is 0 Å². The molecule has 1 heterocycles. The fourth-order valence-corrected chi connectivity index (χ4v) is 4.75. The molecule has 18 heavy (non-hydrogen) atoms. The second kappa shape index (κ2) is 6.53. The molecule has 1 aromatic rings. The molecule has 0 unspecified atom stereocenters. The molecule has 0 spiro atoms. The predicted molar refractivity (Wildman–Crippen MR) is 73.2 cm³/mol. The van der Waals surface area contributed by atoms with Gasteiger partial charge in [0.1, 0.15) is 4.34 Å². The molecule has 0 bridgehead atoms. The van der Waals surface area contributed by atoms with Crippen LogP contribution in [-0.4, -0.2) is 41.7 Å². The predicted octanol–water partition coefficient (Wildman–Crippen LogP) is 1.61. The lowest BCUT2D eigenvalue weighted by Crippen LogP contribution is -2.10. The number of aliphatic carboxylic acids is 1. The van der Waals surface area contributed by atoms with E-state index in [0.717, 1.165) is 9.22 Å². The van der Waals surface area contributed by atoms with E-state index in [9.17, 15) is 13.2 Å². The second-order valence-corrected chi connectivity index (χ2v) is 8.54. The molecule has 0 saturated carbocycles. The number of hydrogen-bond donors (Lipinski definition) is 1. The van der Waals surface area contributed by atoms with Crippen LogP contribution in [0.4, 0.5) is 0 Å². The molecule has 0 aliphatic carbocycles. The summed E-state index contributed by atoms with van der Waals surface area (Å²) in [4.78, 5) is 15.6. The Labute approximate surface area is 115 Å². The van der Waals surface area contributed by atoms with Gasteiger partial charge in [0.25, 0.3) is 0 Å². The Hall–Kier alpha value is -0.600. The first-order valence-electron chi connectivity index (χ1n) is 5.35. The summed E-state index contributed by atoms with van der Waals surface area (Å²) >= 11 is 2.68. The van der Waals surface area contributed by atoms with Crippen molar-refractivity contribution < 1.29 is 18.3 Å². The highest BCUT2D eigenvalue weighted by Gasteiger charge is 2.13. The topological polar surface area (TPSA) is 84.3 Å². The normalized spacial score (nSPS) is 11.7. The molecule has 0 saturated heterocycles. The Kier molecular flexibility index (Phi) is 5.61. The van der Waals surface area contributed by atoms with Gasteiger partial charge in [0.05, 0.1) is 17.9 Å². The first-order chi connectivity index (χ1) is 8.34. The minimum atomic E-state index is -2.95. The van der Waals surface area contributed by atoms with Crippen molar-refractivity contribution in [3.63, 3.8) is 0 Å². The quantitative estimate of drug-likeness (QED) is 0.770. The van der Waals surface area contributed by atoms with Crippen molar-refractivity contribution in [3.05, 3.63) is 10.6 Å². The number of hydrogen-bond acceptors (Lipinski definition) is 6. The molecule has 102 valence electrons. The van der Waals surface area contributed by atoms with Crippen LogP contribution in [0.3, 0.4) is 0 Å². The smallest absolute Gasteiger partial charge is 0.308 e. The van der Waals surface area contributed by atoms with E-state index in [4.69, 9.17) is 5.11 Å². The molecule has 1 aromatic heterocycles. The molecule has 0 aromatic carbocycles. The fraction of sp³-hybridized carbons (Fsp3) is 0.600. The van der Waals surface area contributed by atoms with Crippen molar-refractivity contribution in [1.82, 2.24) is 4.98 Å². The summed E-state index contributed by atoms with van der Waals surface area (Å²) in [6.07, 6.45) is -0.0304. The van der Waals surface area contributed by atoms with Crippen LogP contribution in [-0.2, 0) is 21.1 Å².